The van der Waals surface area contributed by atoms with E-state index >= 15 is 0 Å². The molecule has 1 aromatic carbocycles. The van der Waals surface area contributed by atoms with Crippen LogP contribution in [0.5, 0.6) is 0 Å². The molecule has 4 nitrogen and oxygen atoms in total. The van der Waals surface area contributed by atoms with Gasteiger partial charge in [0, 0.05) is 29.3 Å². The third-order valence-electron chi connectivity index (χ3n) is 3.70. The number of hydrogen-bond acceptors (Lipinski definition) is 3. The molecule has 0 atom stereocenters. The highest BCUT2D eigenvalue weighted by atomic mass is 35.7. The predicted octanol–water partition coefficient (Wildman–Crippen LogP) is 2.93. The van der Waals surface area contributed by atoms with Gasteiger partial charge in [0.15, 0.2) is 0 Å². The summed E-state index contributed by atoms with van der Waals surface area (Å²) in [6.45, 7) is 6.72. The number of aryl methyl sites for hydroxylation is 1. The Morgan fingerprint density at radius 3 is 2.48 bits per heavy atom. The van der Waals surface area contributed by atoms with Gasteiger partial charge in [-0.05, 0) is 36.5 Å². The van der Waals surface area contributed by atoms with Crippen LogP contribution in [0.15, 0.2) is 17.0 Å². The molecule has 1 amide bonds. The molecule has 116 valence electrons. The lowest BCUT2D eigenvalue weighted by molar-refractivity contribution is 0.0778. The van der Waals surface area contributed by atoms with Crippen LogP contribution in [-0.4, -0.2) is 32.3 Å². The van der Waals surface area contributed by atoms with Crippen molar-refractivity contribution < 1.29 is 17.6 Å². The molecule has 0 saturated carbocycles. The van der Waals surface area contributed by atoms with E-state index in [2.05, 4.69) is 13.8 Å². The van der Waals surface area contributed by atoms with Crippen molar-refractivity contribution in [2.75, 3.05) is 13.1 Å². The zero-order valence-corrected chi connectivity index (χ0v) is 13.7. The molecular formula is C14H17ClFNO3S. The molecule has 0 aliphatic carbocycles. The molecule has 0 radical (unpaired) electrons. The van der Waals surface area contributed by atoms with Gasteiger partial charge in [-0.15, -0.1) is 0 Å². The maximum absolute atomic E-state index is 13.9. The van der Waals surface area contributed by atoms with Crippen LogP contribution in [0.4, 0.5) is 4.39 Å². The van der Waals surface area contributed by atoms with E-state index in [1.54, 1.807) is 4.90 Å². The van der Waals surface area contributed by atoms with E-state index in [1.807, 2.05) is 0 Å². The van der Waals surface area contributed by atoms with E-state index in [0.29, 0.717) is 13.1 Å². The number of amides is 1. The maximum Gasteiger partial charge on any atom is 0.264 e. The quantitative estimate of drug-likeness (QED) is 0.782. The van der Waals surface area contributed by atoms with Gasteiger partial charge >= 0.3 is 0 Å². The number of benzene rings is 1. The Kier molecular flexibility index (Phi) is 4.06. The minimum atomic E-state index is -4.23. The first-order valence-corrected chi connectivity index (χ1v) is 8.86. The molecule has 0 unspecified atom stereocenters. The van der Waals surface area contributed by atoms with Gasteiger partial charge in [0.25, 0.3) is 15.0 Å². The predicted molar refractivity (Wildman–Crippen MR) is 78.5 cm³/mol. The monoisotopic (exact) mass is 333 g/mol. The summed E-state index contributed by atoms with van der Waals surface area (Å²) in [5.41, 5.74) is 0.260. The molecule has 7 heteroatoms. The fraction of sp³-hybridized carbons (Fsp3) is 0.500. The molecule has 1 aliphatic heterocycles. The smallest absolute Gasteiger partial charge is 0.264 e. The second kappa shape index (κ2) is 5.25. The Morgan fingerprint density at radius 2 is 2.00 bits per heavy atom. The molecule has 1 saturated heterocycles. The molecule has 21 heavy (non-hydrogen) atoms. The van der Waals surface area contributed by atoms with Gasteiger partial charge in [0.05, 0.1) is 0 Å². The summed E-state index contributed by atoms with van der Waals surface area (Å²) in [5.74, 6) is -1.21. The summed E-state index contributed by atoms with van der Waals surface area (Å²) in [6.07, 6.45) is 0.875. The largest absolute Gasteiger partial charge is 0.338 e. The number of hydrogen-bond donors (Lipinski definition) is 0. The average Bonchev–Trinajstić information content (AvgIpc) is 2.70. The summed E-state index contributed by atoms with van der Waals surface area (Å²) in [6, 6.07) is 2.37. The third-order valence-corrected chi connectivity index (χ3v) is 5.02. The normalized spacial score (nSPS) is 18.0. The van der Waals surface area contributed by atoms with Gasteiger partial charge in [-0.25, -0.2) is 12.8 Å². The zero-order chi connectivity index (χ0) is 16.0. The topological polar surface area (TPSA) is 54.5 Å². The van der Waals surface area contributed by atoms with Crippen molar-refractivity contribution in [2.24, 2.45) is 5.41 Å². The number of carbonyl (C=O) groups is 1. The van der Waals surface area contributed by atoms with E-state index in [1.165, 1.54) is 13.0 Å². The first kappa shape index (κ1) is 16.2. The van der Waals surface area contributed by atoms with Gasteiger partial charge in [-0.1, -0.05) is 13.8 Å². The van der Waals surface area contributed by atoms with Crippen molar-refractivity contribution in [3.63, 3.8) is 0 Å². The second-order valence-corrected chi connectivity index (χ2v) is 8.72. The highest BCUT2D eigenvalue weighted by Gasteiger charge is 2.33. The molecule has 0 aromatic heterocycles. The van der Waals surface area contributed by atoms with Crippen molar-refractivity contribution in [3.8, 4) is 0 Å². The Hall–Kier alpha value is -1.14. The van der Waals surface area contributed by atoms with Gasteiger partial charge in [0.2, 0.25) is 0 Å². The summed E-state index contributed by atoms with van der Waals surface area (Å²) in [5, 5.41) is 0. The van der Waals surface area contributed by atoms with E-state index in [0.717, 1.165) is 12.5 Å². The molecule has 0 N–H and O–H groups in total. The van der Waals surface area contributed by atoms with Gasteiger partial charge in [0.1, 0.15) is 10.7 Å². The van der Waals surface area contributed by atoms with Crippen LogP contribution < -0.4 is 0 Å². The van der Waals surface area contributed by atoms with Crippen molar-refractivity contribution in [1.82, 2.24) is 4.90 Å². The minimum absolute atomic E-state index is 0.0339. The van der Waals surface area contributed by atoms with Crippen LogP contribution in [0.25, 0.3) is 0 Å². The minimum Gasteiger partial charge on any atom is -0.338 e. The maximum atomic E-state index is 13.9. The van der Waals surface area contributed by atoms with Gasteiger partial charge in [-0.3, -0.25) is 4.79 Å². The highest BCUT2D eigenvalue weighted by Crippen LogP contribution is 2.31. The molecule has 1 heterocycles. The Balaban J connectivity index is 2.42. The van der Waals surface area contributed by atoms with E-state index in [-0.39, 0.29) is 22.4 Å². The number of halogens is 2. The standard InChI is InChI=1S/C14H17ClFNO3S/c1-9-6-10(7-11(12(9)16)21(15,19)20)13(18)17-5-4-14(2,3)8-17/h6-7H,4-5,8H2,1-3H3. The van der Waals surface area contributed by atoms with Gasteiger partial charge < -0.3 is 4.90 Å². The first-order chi connectivity index (χ1) is 9.51. The molecule has 1 aliphatic rings. The molecule has 1 aromatic rings. The van der Waals surface area contributed by atoms with Crippen LogP contribution >= 0.6 is 10.7 Å². The number of rotatable bonds is 2. The first-order valence-electron chi connectivity index (χ1n) is 6.55. The van der Waals surface area contributed by atoms with E-state index in [9.17, 15) is 17.6 Å². The lowest BCUT2D eigenvalue weighted by Crippen LogP contribution is -2.30. The lowest BCUT2D eigenvalue weighted by Gasteiger charge is -2.20. The Bertz CT molecular complexity index is 700. The fourth-order valence-electron chi connectivity index (χ4n) is 2.51. The van der Waals surface area contributed by atoms with E-state index < -0.39 is 19.8 Å². The Labute approximate surface area is 128 Å². The van der Waals surface area contributed by atoms with Crippen molar-refractivity contribution in [1.29, 1.82) is 0 Å². The molecule has 2 rings (SSSR count). The molecular weight excluding hydrogens is 317 g/mol. The number of likely N-dealkylation sites (tertiary alicyclic amines) is 1. The second-order valence-electron chi connectivity index (χ2n) is 6.18. The van der Waals surface area contributed by atoms with E-state index in [4.69, 9.17) is 10.7 Å². The molecule has 0 bridgehead atoms. The molecule has 0 spiro atoms. The van der Waals surface area contributed by atoms with Crippen molar-refractivity contribution in [2.45, 2.75) is 32.1 Å². The summed E-state index contributed by atoms with van der Waals surface area (Å²) in [7, 11) is 0.993. The Morgan fingerprint density at radius 1 is 1.38 bits per heavy atom. The lowest BCUT2D eigenvalue weighted by atomic mass is 9.93. The van der Waals surface area contributed by atoms with Crippen LogP contribution in [0.2, 0.25) is 0 Å². The summed E-state index contributed by atoms with van der Waals surface area (Å²) < 4.78 is 36.7. The number of carbonyl (C=O) groups excluding carboxylic acids is 1. The van der Waals surface area contributed by atoms with Crippen LogP contribution in [0.3, 0.4) is 0 Å². The summed E-state index contributed by atoms with van der Waals surface area (Å²) in [4.78, 5) is 13.4. The number of nitrogens with zero attached hydrogens (tertiary/aromatic N) is 1. The van der Waals surface area contributed by atoms with Crippen molar-refractivity contribution in [3.05, 3.63) is 29.1 Å². The van der Waals surface area contributed by atoms with Crippen molar-refractivity contribution >= 4 is 25.6 Å². The van der Waals surface area contributed by atoms with Crippen LogP contribution in [-0.2, 0) is 9.05 Å². The van der Waals surface area contributed by atoms with Crippen LogP contribution in [0, 0.1) is 18.2 Å². The van der Waals surface area contributed by atoms with Crippen LogP contribution in [0.1, 0.15) is 36.2 Å². The summed E-state index contributed by atoms with van der Waals surface area (Å²) >= 11 is 0. The SMILES string of the molecule is Cc1cc(C(=O)N2CCC(C)(C)C2)cc(S(=O)(=O)Cl)c1F. The zero-order valence-electron chi connectivity index (χ0n) is 12.1. The van der Waals surface area contributed by atoms with Gasteiger partial charge in [-0.2, -0.15) is 0 Å². The fourth-order valence-corrected chi connectivity index (χ4v) is 3.49. The molecule has 1 fully saturated rings. The average molecular weight is 334 g/mol. The highest BCUT2D eigenvalue weighted by molar-refractivity contribution is 8.13. The third kappa shape index (κ3) is 3.37.